The second-order valence-electron chi connectivity index (χ2n) is 7.54. The quantitative estimate of drug-likeness (QED) is 0.540. The number of carbonyl (C=O) groups excluding carboxylic acids is 3. The van der Waals surface area contributed by atoms with E-state index in [2.05, 4.69) is 16.2 Å². The van der Waals surface area contributed by atoms with Crippen LogP contribution < -0.4 is 16.2 Å². The lowest BCUT2D eigenvalue weighted by molar-refractivity contribution is -0.122. The first-order valence-corrected chi connectivity index (χ1v) is 10.2. The van der Waals surface area contributed by atoms with Crippen LogP contribution in [0.5, 0.6) is 0 Å². The molecule has 0 aliphatic heterocycles. The Morgan fingerprint density at radius 1 is 0.710 bits per heavy atom. The van der Waals surface area contributed by atoms with E-state index >= 15 is 0 Å². The number of benzene rings is 3. The van der Waals surface area contributed by atoms with E-state index in [1.807, 2.05) is 60.7 Å². The van der Waals surface area contributed by atoms with E-state index in [0.29, 0.717) is 11.3 Å². The zero-order valence-electron chi connectivity index (χ0n) is 16.9. The summed E-state index contributed by atoms with van der Waals surface area (Å²) in [5.74, 6) is -1.20. The number of nitrogens with one attached hydrogen (secondary N) is 3. The molecular formula is C25H23N3O3. The molecule has 1 aliphatic carbocycles. The molecule has 0 bridgehead atoms. The molecule has 0 heterocycles. The van der Waals surface area contributed by atoms with Crippen molar-refractivity contribution in [3.05, 3.63) is 102 Å². The van der Waals surface area contributed by atoms with Gasteiger partial charge in [-0.05, 0) is 48.2 Å². The van der Waals surface area contributed by atoms with E-state index in [9.17, 15) is 14.4 Å². The molecule has 4 rings (SSSR count). The topological polar surface area (TPSA) is 87.3 Å². The van der Waals surface area contributed by atoms with Crippen LogP contribution in [-0.2, 0) is 9.59 Å². The second-order valence-corrected chi connectivity index (χ2v) is 7.54. The Bertz CT molecular complexity index is 1020. The van der Waals surface area contributed by atoms with Crippen LogP contribution in [-0.4, -0.2) is 17.7 Å². The third-order valence-electron chi connectivity index (χ3n) is 5.19. The Balaban J connectivity index is 1.40. The highest BCUT2D eigenvalue weighted by Gasteiger charge is 2.29. The first-order valence-electron chi connectivity index (χ1n) is 10.2. The third kappa shape index (κ3) is 5.17. The Kier molecular flexibility index (Phi) is 6.08. The largest absolute Gasteiger partial charge is 0.326 e. The third-order valence-corrected chi connectivity index (χ3v) is 5.19. The maximum absolute atomic E-state index is 13.0. The Morgan fingerprint density at radius 2 is 1.26 bits per heavy atom. The molecule has 31 heavy (non-hydrogen) atoms. The molecule has 1 fully saturated rings. The van der Waals surface area contributed by atoms with Gasteiger partial charge in [0.05, 0.1) is 5.92 Å². The van der Waals surface area contributed by atoms with Gasteiger partial charge in [-0.15, -0.1) is 0 Å². The molecular weight excluding hydrogens is 390 g/mol. The maximum atomic E-state index is 13.0. The van der Waals surface area contributed by atoms with Crippen molar-refractivity contribution in [3.63, 3.8) is 0 Å². The molecule has 0 atom stereocenters. The molecule has 3 amide bonds. The molecule has 1 saturated carbocycles. The van der Waals surface area contributed by atoms with Gasteiger partial charge in [-0.2, -0.15) is 0 Å². The summed E-state index contributed by atoms with van der Waals surface area (Å²) in [7, 11) is 0. The molecule has 3 aromatic rings. The van der Waals surface area contributed by atoms with Gasteiger partial charge in [0, 0.05) is 17.2 Å². The summed E-state index contributed by atoms with van der Waals surface area (Å²) in [6.07, 6.45) is 1.86. The van der Waals surface area contributed by atoms with Crippen LogP contribution in [0.4, 0.5) is 5.69 Å². The summed E-state index contributed by atoms with van der Waals surface area (Å²) >= 11 is 0. The molecule has 6 heteroatoms. The van der Waals surface area contributed by atoms with Crippen LogP contribution in [0, 0.1) is 5.92 Å². The lowest BCUT2D eigenvalue weighted by Gasteiger charge is -2.18. The van der Waals surface area contributed by atoms with Gasteiger partial charge in [-0.3, -0.25) is 25.2 Å². The van der Waals surface area contributed by atoms with Gasteiger partial charge in [0.15, 0.2) is 0 Å². The second kappa shape index (κ2) is 9.26. The van der Waals surface area contributed by atoms with Crippen LogP contribution in [0.15, 0.2) is 84.9 Å². The van der Waals surface area contributed by atoms with Crippen molar-refractivity contribution in [1.82, 2.24) is 10.9 Å². The maximum Gasteiger partial charge on any atom is 0.269 e. The monoisotopic (exact) mass is 413 g/mol. The van der Waals surface area contributed by atoms with Crippen LogP contribution in [0.1, 0.15) is 40.2 Å². The smallest absolute Gasteiger partial charge is 0.269 e. The number of rotatable bonds is 6. The number of amides is 3. The number of carbonyl (C=O) groups is 3. The van der Waals surface area contributed by atoms with Gasteiger partial charge in [-0.25, -0.2) is 0 Å². The molecule has 0 unspecified atom stereocenters. The first kappa shape index (κ1) is 20.3. The summed E-state index contributed by atoms with van der Waals surface area (Å²) in [5, 5.41) is 2.83. The van der Waals surface area contributed by atoms with Crippen molar-refractivity contribution in [2.45, 2.75) is 18.8 Å². The highest BCUT2D eigenvalue weighted by Crippen LogP contribution is 2.30. The molecule has 0 spiro atoms. The SMILES string of the molecule is O=C(NNC(=O)C(c1ccccc1)c1ccccc1)c1ccc(NC(=O)C2CC2)cc1. The molecule has 156 valence electrons. The molecule has 1 aliphatic rings. The van der Waals surface area contributed by atoms with Gasteiger partial charge < -0.3 is 5.32 Å². The summed E-state index contributed by atoms with van der Waals surface area (Å²) < 4.78 is 0. The lowest BCUT2D eigenvalue weighted by Crippen LogP contribution is -2.44. The van der Waals surface area contributed by atoms with E-state index in [1.54, 1.807) is 24.3 Å². The Morgan fingerprint density at radius 3 is 1.77 bits per heavy atom. The molecule has 6 nitrogen and oxygen atoms in total. The molecule has 0 radical (unpaired) electrons. The highest BCUT2D eigenvalue weighted by atomic mass is 16.2. The summed E-state index contributed by atoms with van der Waals surface area (Å²) in [6, 6.07) is 25.4. The average molecular weight is 413 g/mol. The number of hydrogen-bond donors (Lipinski definition) is 3. The Hall–Kier alpha value is -3.93. The fourth-order valence-corrected chi connectivity index (χ4v) is 3.34. The molecule has 3 aromatic carbocycles. The highest BCUT2D eigenvalue weighted by molar-refractivity contribution is 5.98. The zero-order chi connectivity index (χ0) is 21.6. The number of hydrazine groups is 1. The zero-order valence-corrected chi connectivity index (χ0v) is 16.9. The summed E-state index contributed by atoms with van der Waals surface area (Å²) in [4.78, 5) is 37.3. The van der Waals surface area contributed by atoms with Gasteiger partial charge in [0.25, 0.3) is 5.91 Å². The van der Waals surface area contributed by atoms with Gasteiger partial charge in [0.2, 0.25) is 11.8 Å². The predicted molar refractivity (Wildman–Crippen MR) is 118 cm³/mol. The van der Waals surface area contributed by atoms with Crippen LogP contribution in [0.2, 0.25) is 0 Å². The fraction of sp³-hybridized carbons (Fsp3) is 0.160. The van der Waals surface area contributed by atoms with Crippen molar-refractivity contribution in [2.24, 2.45) is 5.92 Å². The minimum absolute atomic E-state index is 0.0114. The van der Waals surface area contributed by atoms with Crippen molar-refractivity contribution in [1.29, 1.82) is 0 Å². The van der Waals surface area contributed by atoms with E-state index in [0.717, 1.165) is 24.0 Å². The molecule has 3 N–H and O–H groups in total. The van der Waals surface area contributed by atoms with Crippen LogP contribution in [0.3, 0.4) is 0 Å². The van der Waals surface area contributed by atoms with E-state index < -0.39 is 11.8 Å². The Labute approximate surface area is 180 Å². The van der Waals surface area contributed by atoms with Gasteiger partial charge >= 0.3 is 0 Å². The minimum atomic E-state index is -0.553. The standard InChI is InChI=1S/C25H23N3O3/c29-23(19-11-12-19)26-21-15-13-20(14-16-21)24(30)27-28-25(31)22(17-7-3-1-4-8-17)18-9-5-2-6-10-18/h1-10,13-16,19,22H,11-12H2,(H,26,29)(H,27,30)(H,28,31). The van der Waals surface area contributed by atoms with Crippen molar-refractivity contribution >= 4 is 23.4 Å². The van der Waals surface area contributed by atoms with Gasteiger partial charge in [0.1, 0.15) is 0 Å². The predicted octanol–water partition coefficient (Wildman–Crippen LogP) is 3.63. The minimum Gasteiger partial charge on any atom is -0.326 e. The number of anilines is 1. The van der Waals surface area contributed by atoms with Crippen molar-refractivity contribution in [2.75, 3.05) is 5.32 Å². The van der Waals surface area contributed by atoms with E-state index in [4.69, 9.17) is 0 Å². The van der Waals surface area contributed by atoms with E-state index in [1.165, 1.54) is 0 Å². The lowest BCUT2D eigenvalue weighted by atomic mass is 9.91. The first-order chi connectivity index (χ1) is 15.1. The normalized spacial score (nSPS) is 12.8. The summed E-state index contributed by atoms with van der Waals surface area (Å²) in [5.41, 5.74) is 7.70. The molecule has 0 saturated heterocycles. The fourth-order valence-electron chi connectivity index (χ4n) is 3.34. The van der Waals surface area contributed by atoms with Gasteiger partial charge in [-0.1, -0.05) is 60.7 Å². The van der Waals surface area contributed by atoms with Crippen molar-refractivity contribution in [3.8, 4) is 0 Å². The summed E-state index contributed by atoms with van der Waals surface area (Å²) in [6.45, 7) is 0. The van der Waals surface area contributed by atoms with Crippen molar-refractivity contribution < 1.29 is 14.4 Å². The van der Waals surface area contributed by atoms with E-state index in [-0.39, 0.29) is 17.7 Å². The van der Waals surface area contributed by atoms with Crippen LogP contribution >= 0.6 is 0 Å². The molecule has 0 aromatic heterocycles. The number of hydrogen-bond acceptors (Lipinski definition) is 3. The van der Waals surface area contributed by atoms with Crippen LogP contribution in [0.25, 0.3) is 0 Å². The average Bonchev–Trinajstić information content (AvgIpc) is 3.65.